The number of carbonyl (C=O) groups excluding carboxylic acids is 2. The second-order valence-electron chi connectivity index (χ2n) is 6.07. The summed E-state index contributed by atoms with van der Waals surface area (Å²) in [7, 11) is 0. The highest BCUT2D eigenvalue weighted by molar-refractivity contribution is 5.96. The lowest BCUT2D eigenvalue weighted by atomic mass is 10.1. The van der Waals surface area contributed by atoms with Crippen molar-refractivity contribution in [1.82, 2.24) is 5.32 Å². The van der Waals surface area contributed by atoms with Gasteiger partial charge in [0.1, 0.15) is 6.04 Å². The molecule has 0 aliphatic carbocycles. The molecule has 0 aromatic heterocycles. The van der Waals surface area contributed by atoms with Gasteiger partial charge < -0.3 is 21.5 Å². The molecule has 7 nitrogen and oxygen atoms in total. The summed E-state index contributed by atoms with van der Waals surface area (Å²) >= 11 is 0. The summed E-state index contributed by atoms with van der Waals surface area (Å²) < 4.78 is 5.33. The van der Waals surface area contributed by atoms with Gasteiger partial charge in [-0.15, -0.1) is 0 Å². The minimum absolute atomic E-state index is 0.00775. The Bertz CT molecular complexity index is 571. The zero-order valence-corrected chi connectivity index (χ0v) is 15.4. The van der Waals surface area contributed by atoms with E-state index in [2.05, 4.69) is 17.2 Å². The number of hydrogen-bond acceptors (Lipinski definition) is 4. The van der Waals surface area contributed by atoms with Crippen molar-refractivity contribution in [3.05, 3.63) is 35.9 Å². The number of amides is 1. The lowest BCUT2D eigenvalue weighted by Gasteiger charge is -2.17. The number of nitrogens with zero attached hydrogens (tertiary/aromatic N) is 1. The van der Waals surface area contributed by atoms with E-state index in [9.17, 15) is 9.59 Å². The summed E-state index contributed by atoms with van der Waals surface area (Å²) in [6, 6.07) is 8.05. The van der Waals surface area contributed by atoms with Crippen LogP contribution in [-0.4, -0.2) is 37.0 Å². The van der Waals surface area contributed by atoms with Gasteiger partial charge in [-0.25, -0.2) is 4.79 Å². The van der Waals surface area contributed by atoms with Crippen LogP contribution in [0, 0.1) is 0 Å². The Balaban J connectivity index is 2.58. The fraction of sp³-hybridized carbons (Fsp3) is 0.526. The standard InChI is InChI=1S/C19H30N4O3/c1-2-3-4-8-14-26-18(25)16(12-9-13-22-19(20)21)23-17(24)15-10-6-5-7-11-15/h5-7,10-11,16H,2-4,8-9,12-14H2,1H3,(H,23,24)(H4,20,21,22)/t16-/m0/s1. The normalized spacial score (nSPS) is 11.4. The maximum atomic E-state index is 12.3. The number of nitrogens with two attached hydrogens (primary N) is 2. The van der Waals surface area contributed by atoms with Gasteiger partial charge in [0.05, 0.1) is 6.61 Å². The predicted octanol–water partition coefficient (Wildman–Crippen LogP) is 1.96. The van der Waals surface area contributed by atoms with E-state index in [1.165, 1.54) is 0 Å². The number of guanidine groups is 1. The summed E-state index contributed by atoms with van der Waals surface area (Å²) in [5.41, 5.74) is 11.1. The van der Waals surface area contributed by atoms with Gasteiger partial charge in [0.25, 0.3) is 5.91 Å². The van der Waals surface area contributed by atoms with Crippen molar-refractivity contribution >= 4 is 17.8 Å². The van der Waals surface area contributed by atoms with Crippen molar-refractivity contribution in [2.75, 3.05) is 13.2 Å². The maximum absolute atomic E-state index is 12.3. The van der Waals surface area contributed by atoms with Gasteiger partial charge in [-0.1, -0.05) is 44.4 Å². The highest BCUT2D eigenvalue weighted by atomic mass is 16.5. The highest BCUT2D eigenvalue weighted by Gasteiger charge is 2.22. The third-order valence-corrected chi connectivity index (χ3v) is 3.81. The number of esters is 1. The molecule has 0 aliphatic rings. The lowest BCUT2D eigenvalue weighted by Crippen LogP contribution is -2.42. The molecule has 0 radical (unpaired) electrons. The molecule has 0 fully saturated rings. The molecule has 1 atom stereocenters. The molecule has 1 aromatic carbocycles. The van der Waals surface area contributed by atoms with Crippen molar-refractivity contribution in [3.8, 4) is 0 Å². The molecule has 0 saturated heterocycles. The fourth-order valence-electron chi connectivity index (χ4n) is 2.39. The molecular formula is C19H30N4O3. The predicted molar refractivity (Wildman–Crippen MR) is 103 cm³/mol. The van der Waals surface area contributed by atoms with E-state index in [-0.39, 0.29) is 11.9 Å². The fourth-order valence-corrected chi connectivity index (χ4v) is 2.39. The van der Waals surface area contributed by atoms with E-state index >= 15 is 0 Å². The Labute approximate surface area is 155 Å². The summed E-state index contributed by atoms with van der Waals surface area (Å²) in [5, 5.41) is 2.75. The van der Waals surface area contributed by atoms with Gasteiger partial charge in [0.2, 0.25) is 0 Å². The third-order valence-electron chi connectivity index (χ3n) is 3.81. The molecule has 26 heavy (non-hydrogen) atoms. The molecule has 5 N–H and O–H groups in total. The number of rotatable bonds is 12. The van der Waals surface area contributed by atoms with Crippen LogP contribution < -0.4 is 16.8 Å². The van der Waals surface area contributed by atoms with E-state index in [1.807, 2.05) is 6.07 Å². The first-order valence-corrected chi connectivity index (χ1v) is 9.12. The molecule has 1 aromatic rings. The second kappa shape index (κ2) is 12.7. The Morgan fingerprint density at radius 3 is 2.50 bits per heavy atom. The first-order chi connectivity index (χ1) is 12.5. The Hall–Kier alpha value is -2.57. The molecule has 144 valence electrons. The Morgan fingerprint density at radius 1 is 1.12 bits per heavy atom. The molecule has 0 aliphatic heterocycles. The number of unbranched alkanes of at least 4 members (excludes halogenated alkanes) is 3. The van der Waals surface area contributed by atoms with E-state index < -0.39 is 12.0 Å². The zero-order valence-electron chi connectivity index (χ0n) is 15.4. The highest BCUT2D eigenvalue weighted by Crippen LogP contribution is 2.06. The first-order valence-electron chi connectivity index (χ1n) is 9.12. The second-order valence-corrected chi connectivity index (χ2v) is 6.07. The summed E-state index contributed by atoms with van der Waals surface area (Å²) in [4.78, 5) is 28.6. The maximum Gasteiger partial charge on any atom is 0.328 e. The SMILES string of the molecule is CCCCCCOC(=O)[C@H](CCCN=C(N)N)NC(=O)c1ccccc1. The van der Waals surface area contributed by atoms with Crippen LogP contribution in [0.15, 0.2) is 35.3 Å². The topological polar surface area (TPSA) is 120 Å². The minimum atomic E-state index is -0.719. The van der Waals surface area contributed by atoms with Gasteiger partial charge in [-0.3, -0.25) is 9.79 Å². The average molecular weight is 362 g/mol. The summed E-state index contributed by atoms with van der Waals surface area (Å²) in [6.45, 7) is 2.88. The number of hydrogen-bond donors (Lipinski definition) is 3. The largest absolute Gasteiger partial charge is 0.464 e. The van der Waals surface area contributed by atoms with Crippen molar-refractivity contribution in [2.45, 2.75) is 51.5 Å². The molecule has 0 spiro atoms. The number of aliphatic imine (C=N–C) groups is 1. The Kier molecular flexibility index (Phi) is 10.5. The molecule has 0 unspecified atom stereocenters. The van der Waals surface area contributed by atoms with Crippen molar-refractivity contribution in [2.24, 2.45) is 16.5 Å². The number of carbonyl (C=O) groups is 2. The van der Waals surface area contributed by atoms with Gasteiger partial charge in [0.15, 0.2) is 5.96 Å². The van der Waals surface area contributed by atoms with Gasteiger partial charge in [-0.05, 0) is 31.4 Å². The summed E-state index contributed by atoms with van der Waals surface area (Å²) in [5.74, 6) is -0.718. The van der Waals surface area contributed by atoms with E-state index in [4.69, 9.17) is 16.2 Å². The number of ether oxygens (including phenoxy) is 1. The van der Waals surface area contributed by atoms with Crippen LogP contribution >= 0.6 is 0 Å². The van der Waals surface area contributed by atoms with Crippen molar-refractivity contribution in [1.29, 1.82) is 0 Å². The molecule has 0 saturated carbocycles. The van der Waals surface area contributed by atoms with E-state index in [0.717, 1.165) is 25.7 Å². The van der Waals surface area contributed by atoms with E-state index in [0.29, 0.717) is 31.6 Å². The lowest BCUT2D eigenvalue weighted by molar-refractivity contribution is -0.146. The number of benzene rings is 1. The monoisotopic (exact) mass is 362 g/mol. The van der Waals surface area contributed by atoms with Crippen molar-refractivity contribution in [3.63, 3.8) is 0 Å². The quantitative estimate of drug-likeness (QED) is 0.227. The zero-order chi connectivity index (χ0) is 19.2. The van der Waals surface area contributed by atoms with Crippen LogP contribution in [0.5, 0.6) is 0 Å². The van der Waals surface area contributed by atoms with Crippen LogP contribution in [0.2, 0.25) is 0 Å². The van der Waals surface area contributed by atoms with Crippen LogP contribution in [0.25, 0.3) is 0 Å². The van der Waals surface area contributed by atoms with Gasteiger partial charge >= 0.3 is 5.97 Å². The average Bonchev–Trinajstić information content (AvgIpc) is 2.64. The minimum Gasteiger partial charge on any atom is -0.464 e. The molecule has 7 heteroatoms. The first kappa shape index (κ1) is 21.5. The van der Waals surface area contributed by atoms with Crippen LogP contribution in [0.4, 0.5) is 0 Å². The molecule has 1 amide bonds. The summed E-state index contributed by atoms with van der Waals surface area (Å²) in [6.07, 6.45) is 5.05. The van der Waals surface area contributed by atoms with Crippen LogP contribution in [0.1, 0.15) is 55.8 Å². The molecular weight excluding hydrogens is 332 g/mol. The van der Waals surface area contributed by atoms with Crippen molar-refractivity contribution < 1.29 is 14.3 Å². The molecule has 0 bridgehead atoms. The smallest absolute Gasteiger partial charge is 0.328 e. The van der Waals surface area contributed by atoms with Gasteiger partial charge in [0, 0.05) is 12.1 Å². The molecule has 1 rings (SSSR count). The van der Waals surface area contributed by atoms with Gasteiger partial charge in [-0.2, -0.15) is 0 Å². The third kappa shape index (κ3) is 9.05. The van der Waals surface area contributed by atoms with Crippen LogP contribution in [0.3, 0.4) is 0 Å². The van der Waals surface area contributed by atoms with E-state index in [1.54, 1.807) is 24.3 Å². The molecule has 0 heterocycles. The Morgan fingerprint density at radius 2 is 1.85 bits per heavy atom. The van der Waals surface area contributed by atoms with Crippen LogP contribution in [-0.2, 0) is 9.53 Å². The number of nitrogens with one attached hydrogen (secondary N) is 1.